The molecule has 28 heavy (non-hydrogen) atoms. The molecule has 3 amide bonds. The maximum Gasteiger partial charge on any atom is 0.321 e. The van der Waals surface area contributed by atoms with Crippen LogP contribution in [-0.2, 0) is 11.3 Å². The Morgan fingerprint density at radius 3 is 2.71 bits per heavy atom. The molecule has 0 unspecified atom stereocenters. The van der Waals surface area contributed by atoms with Gasteiger partial charge in [-0.25, -0.2) is 4.79 Å². The summed E-state index contributed by atoms with van der Waals surface area (Å²) >= 11 is 0. The number of carbonyl (C=O) groups excluding carboxylic acids is 2. The molecule has 3 rings (SSSR count). The number of benzene rings is 2. The van der Waals surface area contributed by atoms with E-state index in [-0.39, 0.29) is 11.9 Å². The van der Waals surface area contributed by atoms with E-state index >= 15 is 0 Å². The van der Waals surface area contributed by atoms with E-state index in [1.165, 1.54) is 5.56 Å². The minimum absolute atomic E-state index is 0.0557. The van der Waals surface area contributed by atoms with Gasteiger partial charge in [-0.3, -0.25) is 4.79 Å². The zero-order valence-electron chi connectivity index (χ0n) is 16.5. The molecule has 1 heterocycles. The zero-order valence-corrected chi connectivity index (χ0v) is 16.5. The van der Waals surface area contributed by atoms with Crippen molar-refractivity contribution in [3.8, 4) is 0 Å². The highest BCUT2D eigenvalue weighted by atomic mass is 16.2. The lowest BCUT2D eigenvalue weighted by atomic mass is 9.93. The average Bonchev–Trinajstić information content (AvgIpc) is 2.72. The molecule has 1 aliphatic rings. The fourth-order valence-electron chi connectivity index (χ4n) is 3.66. The van der Waals surface area contributed by atoms with Crippen molar-refractivity contribution in [2.45, 2.75) is 39.2 Å². The van der Waals surface area contributed by atoms with Crippen LogP contribution >= 0.6 is 0 Å². The van der Waals surface area contributed by atoms with Crippen LogP contribution in [0.4, 0.5) is 10.5 Å². The van der Waals surface area contributed by atoms with Crippen molar-refractivity contribution in [2.75, 3.05) is 18.4 Å². The second kappa shape index (κ2) is 9.93. The molecule has 0 spiro atoms. The highest BCUT2D eigenvalue weighted by Crippen LogP contribution is 2.22. The monoisotopic (exact) mass is 379 g/mol. The third-order valence-corrected chi connectivity index (χ3v) is 5.18. The van der Waals surface area contributed by atoms with Crippen molar-refractivity contribution < 1.29 is 9.59 Å². The highest BCUT2D eigenvalue weighted by molar-refractivity contribution is 5.89. The van der Waals surface area contributed by atoms with Gasteiger partial charge in [0.1, 0.15) is 0 Å². The zero-order chi connectivity index (χ0) is 19.8. The van der Waals surface area contributed by atoms with Crippen LogP contribution in [0.3, 0.4) is 0 Å². The van der Waals surface area contributed by atoms with E-state index in [0.29, 0.717) is 25.4 Å². The van der Waals surface area contributed by atoms with Crippen molar-refractivity contribution >= 4 is 17.6 Å². The third-order valence-electron chi connectivity index (χ3n) is 5.18. The Bertz CT molecular complexity index is 791. The number of piperidine rings is 1. The fourth-order valence-corrected chi connectivity index (χ4v) is 3.66. The molecule has 0 saturated carbocycles. The van der Waals surface area contributed by atoms with Gasteiger partial charge in [0.15, 0.2) is 0 Å². The number of nitrogens with one attached hydrogen (secondary N) is 2. The summed E-state index contributed by atoms with van der Waals surface area (Å²) in [5, 5.41) is 5.95. The van der Waals surface area contributed by atoms with Gasteiger partial charge >= 0.3 is 6.03 Å². The number of hydrogen-bond donors (Lipinski definition) is 2. The van der Waals surface area contributed by atoms with E-state index in [4.69, 9.17) is 0 Å². The molecule has 0 aromatic heterocycles. The number of aryl methyl sites for hydroxylation is 1. The van der Waals surface area contributed by atoms with E-state index in [1.54, 1.807) is 0 Å². The minimum Gasteiger partial charge on any atom is -0.352 e. The number of hydrogen-bond acceptors (Lipinski definition) is 2. The van der Waals surface area contributed by atoms with Crippen LogP contribution < -0.4 is 10.6 Å². The summed E-state index contributed by atoms with van der Waals surface area (Å²) in [5.74, 6) is 0.451. The number of anilines is 1. The second-order valence-electron chi connectivity index (χ2n) is 7.55. The summed E-state index contributed by atoms with van der Waals surface area (Å²) in [6, 6.07) is 17.6. The largest absolute Gasteiger partial charge is 0.352 e. The molecule has 2 aromatic rings. The van der Waals surface area contributed by atoms with Gasteiger partial charge < -0.3 is 15.5 Å². The molecule has 0 bridgehead atoms. The van der Waals surface area contributed by atoms with Crippen molar-refractivity contribution in [2.24, 2.45) is 5.92 Å². The van der Waals surface area contributed by atoms with Crippen molar-refractivity contribution in [3.63, 3.8) is 0 Å². The van der Waals surface area contributed by atoms with Gasteiger partial charge in [0.2, 0.25) is 5.91 Å². The molecule has 0 aliphatic carbocycles. The Hall–Kier alpha value is -2.82. The van der Waals surface area contributed by atoms with Gasteiger partial charge in [-0.05, 0) is 49.8 Å². The second-order valence-corrected chi connectivity index (χ2v) is 7.55. The Balaban J connectivity index is 1.40. The lowest BCUT2D eigenvalue weighted by Crippen LogP contribution is -2.42. The number of nitrogens with zero attached hydrogens (tertiary/aromatic N) is 1. The SMILES string of the molecule is Cc1cccc(CNC(=O)CC[C@@H]2CCCN(C(=O)Nc3ccccc3)C2)c1. The standard InChI is InChI=1S/C23H29N3O2/c1-18-7-5-8-20(15-18)16-24-22(27)13-12-19-9-6-14-26(17-19)23(28)25-21-10-3-2-4-11-21/h2-5,7-8,10-11,15,19H,6,9,12-14,16-17H2,1H3,(H,24,27)(H,25,28)/t19-/m0/s1. The summed E-state index contributed by atoms with van der Waals surface area (Å²) < 4.78 is 0. The summed E-state index contributed by atoms with van der Waals surface area (Å²) in [5.41, 5.74) is 3.13. The van der Waals surface area contributed by atoms with Crippen molar-refractivity contribution in [1.82, 2.24) is 10.2 Å². The number of amides is 3. The lowest BCUT2D eigenvalue weighted by Gasteiger charge is -2.32. The van der Waals surface area contributed by atoms with Gasteiger partial charge in [0, 0.05) is 31.7 Å². The van der Waals surface area contributed by atoms with Crippen LogP contribution in [0.25, 0.3) is 0 Å². The minimum atomic E-state index is -0.0557. The van der Waals surface area contributed by atoms with E-state index in [9.17, 15) is 9.59 Å². The Morgan fingerprint density at radius 1 is 1.11 bits per heavy atom. The molecule has 1 atom stereocenters. The number of carbonyl (C=O) groups is 2. The topological polar surface area (TPSA) is 61.4 Å². The Kier molecular flexibility index (Phi) is 7.06. The summed E-state index contributed by atoms with van der Waals surface area (Å²) in [4.78, 5) is 26.5. The maximum absolute atomic E-state index is 12.5. The summed E-state index contributed by atoms with van der Waals surface area (Å²) in [6.45, 7) is 4.10. The van der Waals surface area contributed by atoms with Crippen LogP contribution in [0, 0.1) is 12.8 Å². The fraction of sp³-hybridized carbons (Fsp3) is 0.391. The molecule has 1 saturated heterocycles. The highest BCUT2D eigenvalue weighted by Gasteiger charge is 2.24. The first-order valence-corrected chi connectivity index (χ1v) is 10.0. The molecule has 5 nitrogen and oxygen atoms in total. The van der Waals surface area contributed by atoms with Crippen molar-refractivity contribution in [3.05, 3.63) is 65.7 Å². The molecular weight excluding hydrogens is 350 g/mol. The van der Waals surface area contributed by atoms with Gasteiger partial charge in [-0.15, -0.1) is 0 Å². The normalized spacial score (nSPS) is 16.5. The molecule has 1 aliphatic heterocycles. The van der Waals surface area contributed by atoms with Crippen LogP contribution in [0.1, 0.15) is 36.8 Å². The Morgan fingerprint density at radius 2 is 1.93 bits per heavy atom. The molecule has 0 radical (unpaired) electrons. The first-order chi connectivity index (χ1) is 13.6. The van der Waals surface area contributed by atoms with Crippen LogP contribution in [0.5, 0.6) is 0 Å². The summed E-state index contributed by atoms with van der Waals surface area (Å²) in [7, 11) is 0. The predicted molar refractivity (Wildman–Crippen MR) is 112 cm³/mol. The van der Waals surface area contributed by atoms with Gasteiger partial charge in [0.05, 0.1) is 0 Å². The number of para-hydroxylation sites is 1. The van der Waals surface area contributed by atoms with Crippen LogP contribution in [0.15, 0.2) is 54.6 Å². The third kappa shape index (κ3) is 6.12. The van der Waals surface area contributed by atoms with E-state index in [2.05, 4.69) is 16.7 Å². The molecule has 5 heteroatoms. The van der Waals surface area contributed by atoms with Crippen LogP contribution in [0.2, 0.25) is 0 Å². The van der Waals surface area contributed by atoms with Gasteiger partial charge in [-0.1, -0.05) is 48.0 Å². The van der Waals surface area contributed by atoms with Gasteiger partial charge in [-0.2, -0.15) is 0 Å². The van der Waals surface area contributed by atoms with E-state index in [0.717, 1.165) is 37.1 Å². The Labute approximate surface area is 167 Å². The van der Waals surface area contributed by atoms with Crippen LogP contribution in [-0.4, -0.2) is 29.9 Å². The maximum atomic E-state index is 12.5. The molecule has 2 N–H and O–H groups in total. The van der Waals surface area contributed by atoms with E-state index in [1.807, 2.05) is 60.4 Å². The smallest absolute Gasteiger partial charge is 0.321 e. The number of rotatable bonds is 6. The van der Waals surface area contributed by atoms with E-state index < -0.39 is 0 Å². The summed E-state index contributed by atoms with van der Waals surface area (Å²) in [6.07, 6.45) is 3.37. The molecule has 148 valence electrons. The molecular formula is C23H29N3O2. The van der Waals surface area contributed by atoms with Gasteiger partial charge in [0.25, 0.3) is 0 Å². The number of urea groups is 1. The molecule has 1 fully saturated rings. The lowest BCUT2D eigenvalue weighted by molar-refractivity contribution is -0.121. The average molecular weight is 380 g/mol. The van der Waals surface area contributed by atoms with Crippen molar-refractivity contribution in [1.29, 1.82) is 0 Å². The first kappa shape index (κ1) is 19.9. The quantitative estimate of drug-likeness (QED) is 0.784. The number of likely N-dealkylation sites (tertiary alicyclic amines) is 1. The first-order valence-electron chi connectivity index (χ1n) is 10.0. The molecule has 2 aromatic carbocycles. The predicted octanol–water partition coefficient (Wildman–Crippen LogP) is 4.34.